The van der Waals surface area contributed by atoms with Crippen molar-refractivity contribution in [3.63, 3.8) is 0 Å². The largest absolute Gasteiger partial charge is 0.619 e. The summed E-state index contributed by atoms with van der Waals surface area (Å²) in [7, 11) is 0. The lowest BCUT2D eigenvalue weighted by Gasteiger charge is -2.14. The molecule has 3 heterocycles. The Morgan fingerprint density at radius 3 is 2.77 bits per heavy atom. The van der Waals surface area contributed by atoms with Crippen molar-refractivity contribution in [1.29, 1.82) is 0 Å². The van der Waals surface area contributed by atoms with Crippen molar-refractivity contribution < 1.29 is 23.0 Å². The molecule has 0 aliphatic heterocycles. The van der Waals surface area contributed by atoms with Crippen LogP contribution in [0.5, 0.6) is 11.5 Å². The highest BCUT2D eigenvalue weighted by atomic mass is 19.3. The summed E-state index contributed by atoms with van der Waals surface area (Å²) in [5, 5.41) is 16.2. The number of alkyl halides is 2. The SMILES string of the molecule is [O-][n+]1cccc(-c2cc3nccc(-c4ccc(OC(F)F)c(OCC5CC5)c4)n3n2)c1. The van der Waals surface area contributed by atoms with Gasteiger partial charge in [-0.15, -0.1) is 0 Å². The van der Waals surface area contributed by atoms with E-state index < -0.39 is 6.61 Å². The van der Waals surface area contributed by atoms with E-state index in [1.165, 1.54) is 18.5 Å². The van der Waals surface area contributed by atoms with Gasteiger partial charge in [0.15, 0.2) is 29.5 Å². The number of hydrogen-bond acceptors (Lipinski definition) is 5. The van der Waals surface area contributed by atoms with Crippen LogP contribution in [-0.2, 0) is 0 Å². The second-order valence-electron chi connectivity index (χ2n) is 7.38. The summed E-state index contributed by atoms with van der Waals surface area (Å²) in [4.78, 5) is 4.34. The fourth-order valence-corrected chi connectivity index (χ4v) is 3.33. The second kappa shape index (κ2) is 7.82. The Kier molecular flexibility index (Phi) is 4.85. The van der Waals surface area contributed by atoms with Crippen molar-refractivity contribution in [1.82, 2.24) is 14.6 Å². The fourth-order valence-electron chi connectivity index (χ4n) is 3.33. The van der Waals surface area contributed by atoms with E-state index in [-0.39, 0.29) is 11.5 Å². The van der Waals surface area contributed by atoms with Gasteiger partial charge in [0.1, 0.15) is 5.69 Å². The molecule has 0 saturated heterocycles. The van der Waals surface area contributed by atoms with Gasteiger partial charge in [0, 0.05) is 23.9 Å². The topological polar surface area (TPSA) is 75.6 Å². The van der Waals surface area contributed by atoms with Gasteiger partial charge >= 0.3 is 6.61 Å². The number of pyridine rings is 1. The van der Waals surface area contributed by atoms with E-state index in [9.17, 15) is 14.0 Å². The molecule has 4 aromatic rings. The Labute approximate surface area is 176 Å². The maximum atomic E-state index is 12.8. The average molecular weight is 424 g/mol. The summed E-state index contributed by atoms with van der Waals surface area (Å²) in [5.74, 6) is 0.714. The first-order valence-corrected chi connectivity index (χ1v) is 9.83. The number of halogens is 2. The maximum absolute atomic E-state index is 12.8. The van der Waals surface area contributed by atoms with Gasteiger partial charge in [0.25, 0.3) is 0 Å². The second-order valence-corrected chi connectivity index (χ2v) is 7.38. The zero-order chi connectivity index (χ0) is 21.4. The third-order valence-electron chi connectivity index (χ3n) is 5.06. The van der Waals surface area contributed by atoms with Gasteiger partial charge in [-0.3, -0.25) is 0 Å². The van der Waals surface area contributed by atoms with E-state index in [2.05, 4.69) is 14.8 Å². The minimum absolute atomic E-state index is 0.00450. The summed E-state index contributed by atoms with van der Waals surface area (Å²) in [6.45, 7) is -2.48. The molecule has 9 heteroatoms. The van der Waals surface area contributed by atoms with E-state index in [1.807, 2.05) is 0 Å². The van der Waals surface area contributed by atoms with Gasteiger partial charge in [0.2, 0.25) is 0 Å². The lowest BCUT2D eigenvalue weighted by molar-refractivity contribution is -0.604. The minimum Gasteiger partial charge on any atom is -0.619 e. The molecular formula is C22H18F2N4O3. The van der Waals surface area contributed by atoms with Crippen molar-refractivity contribution in [3.05, 3.63) is 66.3 Å². The summed E-state index contributed by atoms with van der Waals surface area (Å²) < 4.78 is 38.4. The van der Waals surface area contributed by atoms with E-state index >= 15 is 0 Å². The molecule has 5 rings (SSSR count). The van der Waals surface area contributed by atoms with Crippen LogP contribution in [0.4, 0.5) is 8.78 Å². The highest BCUT2D eigenvalue weighted by Gasteiger charge is 2.23. The molecule has 31 heavy (non-hydrogen) atoms. The molecule has 0 N–H and O–H groups in total. The first kappa shape index (κ1) is 19.2. The minimum atomic E-state index is -2.94. The van der Waals surface area contributed by atoms with Crippen molar-refractivity contribution in [2.45, 2.75) is 19.5 Å². The van der Waals surface area contributed by atoms with E-state index in [4.69, 9.17) is 4.74 Å². The summed E-state index contributed by atoms with van der Waals surface area (Å²) in [6.07, 6.45) is 6.63. The quantitative estimate of drug-likeness (QED) is 0.330. The number of fused-ring (bicyclic) bond motifs is 1. The van der Waals surface area contributed by atoms with Crippen LogP contribution in [0.2, 0.25) is 0 Å². The number of benzene rings is 1. The zero-order valence-corrected chi connectivity index (χ0v) is 16.3. The third-order valence-corrected chi connectivity index (χ3v) is 5.06. The highest BCUT2D eigenvalue weighted by molar-refractivity contribution is 5.69. The number of hydrogen-bond donors (Lipinski definition) is 0. The molecule has 0 atom stereocenters. The third kappa shape index (κ3) is 4.11. The average Bonchev–Trinajstić information content (AvgIpc) is 3.48. The molecule has 1 aliphatic carbocycles. The zero-order valence-electron chi connectivity index (χ0n) is 16.3. The van der Waals surface area contributed by atoms with Gasteiger partial charge < -0.3 is 14.7 Å². The van der Waals surface area contributed by atoms with Crippen LogP contribution < -0.4 is 14.2 Å². The first-order chi connectivity index (χ1) is 15.1. The molecule has 158 valence electrons. The smallest absolute Gasteiger partial charge is 0.387 e. The molecule has 1 aromatic carbocycles. The van der Waals surface area contributed by atoms with Crippen LogP contribution in [0.25, 0.3) is 28.2 Å². The molecule has 1 fully saturated rings. The Balaban J connectivity index is 1.55. The highest BCUT2D eigenvalue weighted by Crippen LogP contribution is 2.36. The molecule has 7 nitrogen and oxygen atoms in total. The molecule has 1 aliphatic rings. The molecule has 0 spiro atoms. The predicted octanol–water partition coefficient (Wildman–Crippen LogP) is 4.09. The van der Waals surface area contributed by atoms with Gasteiger partial charge in [-0.05, 0) is 49.1 Å². The first-order valence-electron chi connectivity index (χ1n) is 9.83. The Bertz CT molecular complexity index is 1240. The van der Waals surface area contributed by atoms with Gasteiger partial charge in [-0.25, -0.2) is 9.50 Å². The lowest BCUT2D eigenvalue weighted by Crippen LogP contribution is -2.23. The van der Waals surface area contributed by atoms with Gasteiger partial charge in [-0.2, -0.15) is 18.6 Å². The van der Waals surface area contributed by atoms with Crippen molar-refractivity contribution in [2.24, 2.45) is 5.92 Å². The molecule has 0 radical (unpaired) electrons. The van der Waals surface area contributed by atoms with Crippen LogP contribution in [-0.4, -0.2) is 27.8 Å². The summed E-state index contributed by atoms with van der Waals surface area (Å²) in [6, 6.07) is 11.8. The lowest BCUT2D eigenvalue weighted by atomic mass is 10.1. The van der Waals surface area contributed by atoms with E-state index in [1.54, 1.807) is 47.1 Å². The molecule has 0 amide bonds. The van der Waals surface area contributed by atoms with Crippen LogP contribution in [0.3, 0.4) is 0 Å². The number of aromatic nitrogens is 4. The van der Waals surface area contributed by atoms with Crippen LogP contribution >= 0.6 is 0 Å². The monoisotopic (exact) mass is 424 g/mol. The van der Waals surface area contributed by atoms with Crippen LogP contribution in [0.1, 0.15) is 12.8 Å². The van der Waals surface area contributed by atoms with E-state index in [0.29, 0.717) is 45.4 Å². The van der Waals surface area contributed by atoms with Crippen LogP contribution in [0.15, 0.2) is 61.1 Å². The Morgan fingerprint density at radius 1 is 1.13 bits per heavy atom. The Hall–Kier alpha value is -3.75. The molecule has 1 saturated carbocycles. The molecule has 3 aromatic heterocycles. The Morgan fingerprint density at radius 2 is 2.00 bits per heavy atom. The van der Waals surface area contributed by atoms with Crippen molar-refractivity contribution in [2.75, 3.05) is 6.61 Å². The van der Waals surface area contributed by atoms with Crippen molar-refractivity contribution in [3.8, 4) is 34.0 Å². The predicted molar refractivity (Wildman–Crippen MR) is 108 cm³/mol. The normalized spacial score (nSPS) is 13.6. The number of ether oxygens (including phenoxy) is 2. The number of nitrogens with zero attached hydrogens (tertiary/aromatic N) is 4. The van der Waals surface area contributed by atoms with Crippen molar-refractivity contribution >= 4 is 5.65 Å². The van der Waals surface area contributed by atoms with Crippen LogP contribution in [0, 0.1) is 11.1 Å². The fraction of sp³-hybridized carbons (Fsp3) is 0.227. The summed E-state index contributed by atoms with van der Waals surface area (Å²) >= 11 is 0. The standard InChI is InChI=1S/C22H18F2N4O3/c23-22(24)31-19-6-5-15(10-20(19)30-13-14-3-4-14)18-7-8-25-21-11-17(26-28(18)21)16-2-1-9-27(29)12-16/h1-2,5-12,14,22H,3-4,13H2. The summed E-state index contributed by atoms with van der Waals surface area (Å²) in [5.41, 5.74) is 3.24. The molecule has 0 bridgehead atoms. The van der Waals surface area contributed by atoms with Gasteiger partial charge in [0.05, 0.1) is 17.9 Å². The number of rotatable bonds is 7. The maximum Gasteiger partial charge on any atom is 0.387 e. The molecule has 0 unspecified atom stereocenters. The van der Waals surface area contributed by atoms with Gasteiger partial charge in [-0.1, -0.05) is 0 Å². The van der Waals surface area contributed by atoms with E-state index in [0.717, 1.165) is 12.8 Å². The molecular weight excluding hydrogens is 406 g/mol.